The van der Waals surface area contributed by atoms with Crippen LogP contribution in [0.4, 0.5) is 0 Å². The van der Waals surface area contributed by atoms with Crippen molar-refractivity contribution in [3.63, 3.8) is 0 Å². The van der Waals surface area contributed by atoms with E-state index >= 15 is 0 Å². The van der Waals surface area contributed by atoms with Gasteiger partial charge in [-0.1, -0.05) is 13.8 Å². The molecule has 0 aromatic carbocycles. The van der Waals surface area contributed by atoms with Gasteiger partial charge >= 0.3 is 0 Å². The molecule has 0 aromatic rings. The molecule has 1 fully saturated rings. The Bertz CT molecular complexity index is 120. The van der Waals surface area contributed by atoms with Crippen molar-refractivity contribution in [1.29, 1.82) is 0 Å². The SMILES string of the molecule is CC(C)OC1(SC(C)C)SS1. The molecule has 0 aliphatic carbocycles. The quantitative estimate of drug-likeness (QED) is 0.398. The molecule has 66 valence electrons. The van der Waals surface area contributed by atoms with E-state index in [0.717, 1.165) is 0 Å². The van der Waals surface area contributed by atoms with E-state index in [2.05, 4.69) is 27.7 Å². The first-order valence-electron chi connectivity index (χ1n) is 3.76. The first-order valence-corrected chi connectivity index (χ1v) is 6.79. The molecule has 0 atom stereocenters. The monoisotopic (exact) mass is 210 g/mol. The van der Waals surface area contributed by atoms with Crippen LogP contribution in [0.5, 0.6) is 0 Å². The van der Waals surface area contributed by atoms with Gasteiger partial charge in [-0.3, -0.25) is 0 Å². The summed E-state index contributed by atoms with van der Waals surface area (Å²) in [7, 11) is 3.66. The highest BCUT2D eigenvalue weighted by Crippen LogP contribution is 2.72. The molecular formula is C7H14OS3. The molecule has 0 spiro atoms. The summed E-state index contributed by atoms with van der Waals surface area (Å²) in [6.07, 6.45) is 0.337. The third-order valence-electron chi connectivity index (χ3n) is 0.979. The van der Waals surface area contributed by atoms with E-state index < -0.39 is 0 Å². The maximum absolute atomic E-state index is 5.75. The number of rotatable bonds is 4. The van der Waals surface area contributed by atoms with Crippen molar-refractivity contribution >= 4 is 33.3 Å². The van der Waals surface area contributed by atoms with E-state index in [0.29, 0.717) is 11.4 Å². The van der Waals surface area contributed by atoms with E-state index in [1.807, 2.05) is 33.3 Å². The summed E-state index contributed by atoms with van der Waals surface area (Å²) in [5.41, 5.74) is 0. The highest BCUT2D eigenvalue weighted by molar-refractivity contribution is 8.97. The maximum Gasteiger partial charge on any atom is 0.229 e. The van der Waals surface area contributed by atoms with Crippen molar-refractivity contribution in [1.82, 2.24) is 0 Å². The Morgan fingerprint density at radius 3 is 2.00 bits per heavy atom. The Hall–Kier alpha value is 1.01. The zero-order chi connectivity index (χ0) is 8.48. The Balaban J connectivity index is 2.29. The van der Waals surface area contributed by atoms with Crippen LogP contribution in [0.1, 0.15) is 27.7 Å². The summed E-state index contributed by atoms with van der Waals surface area (Å²) in [6.45, 7) is 8.58. The molecule has 0 aromatic heterocycles. The zero-order valence-electron chi connectivity index (χ0n) is 7.29. The van der Waals surface area contributed by atoms with Crippen LogP contribution in [0.2, 0.25) is 0 Å². The Kier molecular flexibility index (Phi) is 3.50. The molecule has 1 heterocycles. The van der Waals surface area contributed by atoms with Gasteiger partial charge in [0, 0.05) is 5.25 Å². The molecule has 1 aliphatic rings. The molecule has 1 aliphatic heterocycles. The van der Waals surface area contributed by atoms with E-state index in [4.69, 9.17) is 4.74 Å². The Morgan fingerprint density at radius 2 is 1.73 bits per heavy atom. The van der Waals surface area contributed by atoms with Crippen LogP contribution in [-0.4, -0.2) is 15.0 Å². The predicted molar refractivity (Wildman–Crippen MR) is 56.9 cm³/mol. The average Bonchev–Trinajstić information content (AvgIpc) is 2.43. The third-order valence-corrected chi connectivity index (χ3v) is 5.59. The van der Waals surface area contributed by atoms with Gasteiger partial charge in [0.2, 0.25) is 3.60 Å². The summed E-state index contributed by atoms with van der Waals surface area (Å²) < 4.78 is 5.79. The smallest absolute Gasteiger partial charge is 0.229 e. The minimum Gasteiger partial charge on any atom is -0.342 e. The molecule has 0 amide bonds. The fourth-order valence-electron chi connectivity index (χ4n) is 0.718. The van der Waals surface area contributed by atoms with E-state index in [9.17, 15) is 0 Å². The van der Waals surface area contributed by atoms with Crippen LogP contribution in [0.3, 0.4) is 0 Å². The number of ether oxygens (including phenoxy) is 1. The lowest BCUT2D eigenvalue weighted by atomic mass is 10.5. The van der Waals surface area contributed by atoms with Crippen LogP contribution in [0.25, 0.3) is 0 Å². The molecule has 1 rings (SSSR count). The molecule has 0 bridgehead atoms. The summed E-state index contributed by atoms with van der Waals surface area (Å²) >= 11 is 1.90. The van der Waals surface area contributed by atoms with Gasteiger partial charge in [-0.25, -0.2) is 0 Å². The van der Waals surface area contributed by atoms with E-state index in [-0.39, 0.29) is 3.60 Å². The lowest BCUT2D eigenvalue weighted by Gasteiger charge is -2.17. The first kappa shape index (κ1) is 10.1. The van der Waals surface area contributed by atoms with Crippen molar-refractivity contribution < 1.29 is 4.74 Å². The second-order valence-electron chi connectivity index (χ2n) is 3.00. The van der Waals surface area contributed by atoms with Gasteiger partial charge in [-0.15, -0.1) is 11.8 Å². The van der Waals surface area contributed by atoms with Gasteiger partial charge < -0.3 is 4.74 Å². The molecule has 0 saturated carbocycles. The molecule has 4 heteroatoms. The van der Waals surface area contributed by atoms with E-state index in [1.165, 1.54) is 0 Å². The second-order valence-corrected chi connectivity index (χ2v) is 8.01. The highest BCUT2D eigenvalue weighted by Gasteiger charge is 2.50. The van der Waals surface area contributed by atoms with Gasteiger partial charge in [-0.2, -0.15) is 0 Å². The summed E-state index contributed by atoms with van der Waals surface area (Å²) in [5, 5.41) is 0.649. The van der Waals surface area contributed by atoms with Crippen LogP contribution < -0.4 is 0 Å². The fraction of sp³-hybridized carbons (Fsp3) is 1.00. The van der Waals surface area contributed by atoms with Crippen molar-refractivity contribution in [3.05, 3.63) is 0 Å². The Labute approximate surface area is 80.8 Å². The van der Waals surface area contributed by atoms with Gasteiger partial charge in [-0.05, 0) is 35.4 Å². The standard InChI is InChI=1S/C7H14OS3/c1-5(2)8-7(10-11-7)9-6(3)4/h5-6H,1-4H3. The van der Waals surface area contributed by atoms with Crippen molar-refractivity contribution in [2.24, 2.45) is 0 Å². The Morgan fingerprint density at radius 1 is 1.18 bits per heavy atom. The normalized spacial score (nSPS) is 21.3. The van der Waals surface area contributed by atoms with Crippen LogP contribution in [0.15, 0.2) is 0 Å². The summed E-state index contributed by atoms with van der Waals surface area (Å²) in [4.78, 5) is 0. The number of hydrogen-bond donors (Lipinski definition) is 0. The van der Waals surface area contributed by atoms with Crippen LogP contribution >= 0.6 is 33.3 Å². The first-order chi connectivity index (χ1) is 5.04. The van der Waals surface area contributed by atoms with Crippen molar-refractivity contribution in [2.75, 3.05) is 0 Å². The summed E-state index contributed by atoms with van der Waals surface area (Å²) in [5.74, 6) is 0. The minimum absolute atomic E-state index is 0.0440. The highest BCUT2D eigenvalue weighted by atomic mass is 33.2. The van der Waals surface area contributed by atoms with Crippen molar-refractivity contribution in [3.8, 4) is 0 Å². The third kappa shape index (κ3) is 3.49. The largest absolute Gasteiger partial charge is 0.342 e. The van der Waals surface area contributed by atoms with Gasteiger partial charge in [0.1, 0.15) is 0 Å². The van der Waals surface area contributed by atoms with Crippen LogP contribution in [-0.2, 0) is 4.74 Å². The molecule has 1 saturated heterocycles. The number of thioether (sulfide) groups is 1. The molecule has 1 nitrogen and oxygen atoms in total. The molecule has 0 N–H and O–H groups in total. The average molecular weight is 210 g/mol. The lowest BCUT2D eigenvalue weighted by Crippen LogP contribution is -2.15. The van der Waals surface area contributed by atoms with Crippen molar-refractivity contribution in [2.45, 2.75) is 42.6 Å². The maximum atomic E-state index is 5.75. The van der Waals surface area contributed by atoms with Gasteiger partial charge in [0.25, 0.3) is 0 Å². The lowest BCUT2D eigenvalue weighted by molar-refractivity contribution is 0.0915. The molecule has 11 heavy (non-hydrogen) atoms. The second kappa shape index (κ2) is 3.81. The zero-order valence-corrected chi connectivity index (χ0v) is 9.74. The number of hydrogen-bond acceptors (Lipinski definition) is 4. The van der Waals surface area contributed by atoms with Crippen LogP contribution in [0, 0.1) is 0 Å². The topological polar surface area (TPSA) is 9.23 Å². The minimum atomic E-state index is 0.0440. The van der Waals surface area contributed by atoms with Gasteiger partial charge in [0.15, 0.2) is 0 Å². The molecule has 0 radical (unpaired) electrons. The van der Waals surface area contributed by atoms with Gasteiger partial charge in [0.05, 0.1) is 6.10 Å². The molecule has 0 unspecified atom stereocenters. The fourth-order valence-corrected chi connectivity index (χ4v) is 5.00. The molecular weight excluding hydrogens is 196 g/mol. The van der Waals surface area contributed by atoms with E-state index in [1.54, 1.807) is 0 Å². The predicted octanol–water partition coefficient (Wildman–Crippen LogP) is 3.56. The summed E-state index contributed by atoms with van der Waals surface area (Å²) in [6, 6.07) is 0.